The molecular formula is C18H18F3NO3. The molecule has 0 radical (unpaired) electrons. The molecule has 0 saturated carbocycles. The van der Waals surface area contributed by atoms with Crippen LogP contribution < -0.4 is 10.1 Å². The number of benzene rings is 2. The molecule has 0 heterocycles. The second-order valence-electron chi connectivity index (χ2n) is 5.54. The van der Waals surface area contributed by atoms with Crippen molar-refractivity contribution in [3.63, 3.8) is 0 Å². The van der Waals surface area contributed by atoms with E-state index in [1.54, 1.807) is 12.1 Å². The van der Waals surface area contributed by atoms with E-state index in [1.165, 1.54) is 12.1 Å². The molecule has 2 N–H and O–H groups in total. The van der Waals surface area contributed by atoms with Crippen LogP contribution in [0.25, 0.3) is 0 Å². The average Bonchev–Trinajstić information content (AvgIpc) is 2.58. The Kier molecular flexibility index (Phi) is 6.03. The maximum absolute atomic E-state index is 12.5. The highest BCUT2D eigenvalue weighted by atomic mass is 19.4. The largest absolute Gasteiger partial charge is 0.484 e. The van der Waals surface area contributed by atoms with Crippen LogP contribution in [0.15, 0.2) is 48.5 Å². The molecule has 0 fully saturated rings. The van der Waals surface area contributed by atoms with E-state index in [4.69, 9.17) is 4.74 Å². The van der Waals surface area contributed by atoms with Crippen molar-refractivity contribution in [2.45, 2.75) is 19.2 Å². The first-order valence-electron chi connectivity index (χ1n) is 7.57. The average molecular weight is 353 g/mol. The lowest BCUT2D eigenvalue weighted by Crippen LogP contribution is -2.32. The summed E-state index contributed by atoms with van der Waals surface area (Å²) in [4.78, 5) is 11.7. The lowest BCUT2D eigenvalue weighted by atomic mass is 10.1. The number of aryl methyl sites for hydroxylation is 1. The van der Waals surface area contributed by atoms with Gasteiger partial charge in [-0.1, -0.05) is 29.8 Å². The van der Waals surface area contributed by atoms with Crippen LogP contribution in [-0.2, 0) is 11.0 Å². The number of halogens is 3. The first kappa shape index (κ1) is 18.8. The molecule has 0 spiro atoms. The predicted molar refractivity (Wildman–Crippen MR) is 86.1 cm³/mol. The number of carbonyl (C=O) groups is 1. The van der Waals surface area contributed by atoms with Gasteiger partial charge in [0.25, 0.3) is 5.91 Å². The Bertz CT molecular complexity index is 697. The lowest BCUT2D eigenvalue weighted by Gasteiger charge is -2.14. The molecule has 7 heteroatoms. The van der Waals surface area contributed by atoms with E-state index in [9.17, 15) is 23.1 Å². The van der Waals surface area contributed by atoms with Crippen molar-refractivity contribution >= 4 is 5.91 Å². The standard InChI is InChI=1S/C18H18F3NO3/c1-12-2-8-15(9-3-12)25-11-17(24)22-10-16(23)13-4-6-14(7-5-13)18(19,20)21/h2-9,16,23H,10-11H2,1H3,(H,22,24). The first-order chi connectivity index (χ1) is 11.8. The highest BCUT2D eigenvalue weighted by Gasteiger charge is 2.30. The fourth-order valence-corrected chi connectivity index (χ4v) is 2.06. The van der Waals surface area contributed by atoms with Crippen molar-refractivity contribution in [3.05, 3.63) is 65.2 Å². The van der Waals surface area contributed by atoms with Crippen LogP contribution in [0.5, 0.6) is 5.75 Å². The first-order valence-corrected chi connectivity index (χ1v) is 7.57. The minimum atomic E-state index is -4.43. The highest BCUT2D eigenvalue weighted by molar-refractivity contribution is 5.77. The zero-order valence-electron chi connectivity index (χ0n) is 13.5. The van der Waals surface area contributed by atoms with Crippen LogP contribution in [0, 0.1) is 6.92 Å². The maximum atomic E-state index is 12.5. The fraction of sp³-hybridized carbons (Fsp3) is 0.278. The number of nitrogens with one attached hydrogen (secondary N) is 1. The van der Waals surface area contributed by atoms with Gasteiger partial charge < -0.3 is 15.2 Å². The monoisotopic (exact) mass is 353 g/mol. The minimum Gasteiger partial charge on any atom is -0.484 e. The molecule has 2 aromatic rings. The summed E-state index contributed by atoms with van der Waals surface area (Å²) >= 11 is 0. The lowest BCUT2D eigenvalue weighted by molar-refractivity contribution is -0.137. The van der Waals surface area contributed by atoms with E-state index in [1.807, 2.05) is 19.1 Å². The molecular weight excluding hydrogens is 335 g/mol. The van der Waals surface area contributed by atoms with Crippen LogP contribution in [-0.4, -0.2) is 24.2 Å². The fourth-order valence-electron chi connectivity index (χ4n) is 2.06. The summed E-state index contributed by atoms with van der Waals surface area (Å²) in [5, 5.41) is 12.4. The Balaban J connectivity index is 1.79. The van der Waals surface area contributed by atoms with Crippen molar-refractivity contribution in [3.8, 4) is 5.75 Å². The van der Waals surface area contributed by atoms with Gasteiger partial charge in [0.2, 0.25) is 0 Å². The quantitative estimate of drug-likeness (QED) is 0.838. The molecule has 0 aliphatic heterocycles. The summed E-state index contributed by atoms with van der Waals surface area (Å²) in [7, 11) is 0. The third-order valence-corrected chi connectivity index (χ3v) is 3.51. The van der Waals surface area contributed by atoms with Crippen molar-refractivity contribution in [1.82, 2.24) is 5.32 Å². The van der Waals surface area contributed by atoms with Crippen molar-refractivity contribution in [2.75, 3.05) is 13.2 Å². The van der Waals surface area contributed by atoms with Gasteiger partial charge in [0.05, 0.1) is 11.7 Å². The molecule has 2 aromatic carbocycles. The molecule has 25 heavy (non-hydrogen) atoms. The summed E-state index contributed by atoms with van der Waals surface area (Å²) in [6, 6.07) is 11.3. The van der Waals surface area contributed by atoms with Gasteiger partial charge in [-0.15, -0.1) is 0 Å². The zero-order valence-corrected chi connectivity index (χ0v) is 13.5. The molecule has 0 aliphatic rings. The number of hydrogen-bond donors (Lipinski definition) is 2. The van der Waals surface area contributed by atoms with Crippen LogP contribution in [0.2, 0.25) is 0 Å². The van der Waals surface area contributed by atoms with Crippen LogP contribution in [0.3, 0.4) is 0 Å². The molecule has 0 aromatic heterocycles. The van der Waals surface area contributed by atoms with Gasteiger partial charge in [0, 0.05) is 6.54 Å². The number of carbonyl (C=O) groups excluding carboxylic acids is 1. The summed E-state index contributed by atoms with van der Waals surface area (Å²) in [6.07, 6.45) is -5.53. The van der Waals surface area contributed by atoms with Crippen molar-refractivity contribution in [1.29, 1.82) is 0 Å². The third-order valence-electron chi connectivity index (χ3n) is 3.51. The molecule has 1 unspecified atom stereocenters. The number of hydrogen-bond acceptors (Lipinski definition) is 3. The van der Waals surface area contributed by atoms with Gasteiger partial charge in [0.15, 0.2) is 6.61 Å². The molecule has 4 nitrogen and oxygen atoms in total. The minimum absolute atomic E-state index is 0.124. The molecule has 134 valence electrons. The number of rotatable bonds is 6. The second kappa shape index (κ2) is 8.02. The summed E-state index contributed by atoms with van der Waals surface area (Å²) in [6.45, 7) is 1.59. The SMILES string of the molecule is Cc1ccc(OCC(=O)NCC(O)c2ccc(C(F)(F)F)cc2)cc1. The summed E-state index contributed by atoms with van der Waals surface area (Å²) < 4.78 is 42.8. The van der Waals surface area contributed by atoms with E-state index in [2.05, 4.69) is 5.32 Å². The Morgan fingerprint density at radius 3 is 2.28 bits per heavy atom. The molecule has 2 rings (SSSR count). The van der Waals surface area contributed by atoms with Gasteiger partial charge >= 0.3 is 6.18 Å². The van der Waals surface area contributed by atoms with Gasteiger partial charge in [-0.25, -0.2) is 0 Å². The van der Waals surface area contributed by atoms with Gasteiger partial charge in [-0.2, -0.15) is 13.2 Å². The Hall–Kier alpha value is -2.54. The second-order valence-corrected chi connectivity index (χ2v) is 5.54. The molecule has 0 bridgehead atoms. The molecule has 1 amide bonds. The predicted octanol–water partition coefficient (Wildman–Crippen LogP) is 3.24. The molecule has 1 atom stereocenters. The number of aliphatic hydroxyl groups is 1. The Labute approximate surface area is 143 Å². The van der Waals surface area contributed by atoms with E-state index >= 15 is 0 Å². The Morgan fingerprint density at radius 1 is 1.12 bits per heavy atom. The molecule has 0 aliphatic carbocycles. The van der Waals surface area contributed by atoms with Crippen LogP contribution >= 0.6 is 0 Å². The van der Waals surface area contributed by atoms with Crippen molar-refractivity contribution in [2.24, 2.45) is 0 Å². The van der Waals surface area contributed by atoms with E-state index in [-0.39, 0.29) is 18.7 Å². The van der Waals surface area contributed by atoms with Crippen molar-refractivity contribution < 1.29 is 27.8 Å². The van der Waals surface area contributed by atoms with E-state index < -0.39 is 23.8 Å². The number of amides is 1. The normalized spacial score (nSPS) is 12.5. The van der Waals surface area contributed by atoms with Crippen LogP contribution in [0.1, 0.15) is 22.8 Å². The zero-order chi connectivity index (χ0) is 18.4. The van der Waals surface area contributed by atoms with Crippen LogP contribution in [0.4, 0.5) is 13.2 Å². The maximum Gasteiger partial charge on any atom is 0.416 e. The van der Waals surface area contributed by atoms with E-state index in [0.717, 1.165) is 17.7 Å². The molecule has 0 saturated heterocycles. The van der Waals surface area contributed by atoms with Gasteiger partial charge in [-0.05, 0) is 36.8 Å². The number of aliphatic hydroxyl groups excluding tert-OH is 1. The summed E-state index contributed by atoms with van der Waals surface area (Å²) in [5.74, 6) is 0.107. The summed E-state index contributed by atoms with van der Waals surface area (Å²) in [5.41, 5.74) is 0.559. The van der Waals surface area contributed by atoms with Gasteiger partial charge in [-0.3, -0.25) is 4.79 Å². The third kappa shape index (κ3) is 5.79. The smallest absolute Gasteiger partial charge is 0.416 e. The highest BCUT2D eigenvalue weighted by Crippen LogP contribution is 2.29. The Morgan fingerprint density at radius 2 is 1.72 bits per heavy atom. The van der Waals surface area contributed by atoms with E-state index in [0.29, 0.717) is 5.75 Å². The number of ether oxygens (including phenoxy) is 1. The number of alkyl halides is 3. The topological polar surface area (TPSA) is 58.6 Å². The van der Waals surface area contributed by atoms with Gasteiger partial charge in [0.1, 0.15) is 5.75 Å².